The fourth-order valence-corrected chi connectivity index (χ4v) is 0.461. The van der Waals surface area contributed by atoms with Gasteiger partial charge in [-0.3, -0.25) is 5.41 Å². The molecule has 0 aromatic rings. The third kappa shape index (κ3) is 4.81. The van der Waals surface area contributed by atoms with Gasteiger partial charge in [0, 0.05) is 0 Å². The molecule has 0 unspecified atom stereocenters. The molecule has 0 aromatic heterocycles. The molecule has 0 spiro atoms. The van der Waals surface area contributed by atoms with Crippen LogP contribution in [0, 0.1) is 5.41 Å². The second kappa shape index (κ2) is 6.75. The Bertz CT molecular complexity index is 157. The zero-order valence-electron chi connectivity index (χ0n) is 7.25. The fourth-order valence-electron chi connectivity index (χ4n) is 0.461. The molecule has 0 saturated heterocycles. The number of carbonyl (C=O) groups excluding carboxylic acids is 1. The third-order valence-corrected chi connectivity index (χ3v) is 0.926. The van der Waals surface area contributed by atoms with Crippen molar-refractivity contribution in [1.29, 1.82) is 5.41 Å². The molecule has 0 atom stereocenters. The van der Waals surface area contributed by atoms with Crippen LogP contribution in [0.1, 0.15) is 13.8 Å². The first-order valence-corrected chi connectivity index (χ1v) is 3.71. The second-order valence-corrected chi connectivity index (χ2v) is 1.87. The largest absolute Gasteiger partial charge is 0.461 e. The van der Waals surface area contributed by atoms with Crippen LogP contribution < -0.4 is 0 Å². The summed E-state index contributed by atoms with van der Waals surface area (Å²) in [5.41, 5.74) is -0.245. The molecule has 0 aliphatic heterocycles. The average Bonchev–Trinajstić information content (AvgIpc) is 2.05. The maximum absolute atomic E-state index is 10.8. The number of esters is 1. The van der Waals surface area contributed by atoms with Crippen molar-refractivity contribution in [3.8, 4) is 0 Å². The van der Waals surface area contributed by atoms with Gasteiger partial charge in [0.05, 0.1) is 13.2 Å². The van der Waals surface area contributed by atoms with Crippen molar-refractivity contribution < 1.29 is 19.3 Å². The Balaban J connectivity index is 3.50. The van der Waals surface area contributed by atoms with E-state index in [0.717, 1.165) is 0 Å². The highest BCUT2D eigenvalue weighted by Gasteiger charge is 2.09. The molecule has 0 aliphatic carbocycles. The quantitative estimate of drug-likeness (QED) is 0.210. The highest BCUT2D eigenvalue weighted by molar-refractivity contribution is 6.35. The predicted octanol–water partition coefficient (Wildman–Crippen LogP) is 0.537. The van der Waals surface area contributed by atoms with Crippen LogP contribution in [0.25, 0.3) is 0 Å². The monoisotopic (exact) mass is 175 g/mol. The molecule has 12 heavy (non-hydrogen) atoms. The van der Waals surface area contributed by atoms with Gasteiger partial charge >= 0.3 is 5.97 Å². The molecule has 1 N–H and O–H groups in total. The third-order valence-electron chi connectivity index (χ3n) is 0.926. The summed E-state index contributed by atoms with van der Waals surface area (Å²) in [6.07, 6.45) is 0. The number of hydrogen-bond donors (Lipinski definition) is 1. The van der Waals surface area contributed by atoms with Crippen molar-refractivity contribution in [2.45, 2.75) is 13.8 Å². The molecule has 70 valence electrons. The van der Waals surface area contributed by atoms with E-state index >= 15 is 0 Å². The zero-order chi connectivity index (χ0) is 9.40. The molecular weight excluding hydrogens is 162 g/mol. The second-order valence-electron chi connectivity index (χ2n) is 1.87. The summed E-state index contributed by atoms with van der Waals surface area (Å²) in [7, 11) is 0. The van der Waals surface area contributed by atoms with Gasteiger partial charge in [0.25, 0.3) is 0 Å². The van der Waals surface area contributed by atoms with Crippen molar-refractivity contribution in [3.05, 3.63) is 0 Å². The van der Waals surface area contributed by atoms with Gasteiger partial charge in [0.1, 0.15) is 12.3 Å². The molecule has 0 aromatic carbocycles. The van der Waals surface area contributed by atoms with Crippen LogP contribution in [0.15, 0.2) is 0 Å². The van der Waals surface area contributed by atoms with Gasteiger partial charge in [-0.1, -0.05) is 0 Å². The first-order chi connectivity index (χ1) is 5.72. The Hall–Kier alpha value is -0.940. The smallest absolute Gasteiger partial charge is 0.354 e. The number of hydrogen-bond acceptors (Lipinski definition) is 5. The summed E-state index contributed by atoms with van der Waals surface area (Å²) in [6.45, 7) is 3.89. The summed E-state index contributed by atoms with van der Waals surface area (Å²) in [4.78, 5) is 19.7. The SMILES string of the molecule is CCOOCC(=N)C(=O)OCC. The molecule has 5 heteroatoms. The molecular formula is C7H13NO4. The fraction of sp³-hybridized carbons (Fsp3) is 0.714. The normalized spacial score (nSPS) is 9.50. The van der Waals surface area contributed by atoms with Crippen LogP contribution >= 0.6 is 0 Å². The predicted molar refractivity (Wildman–Crippen MR) is 41.9 cm³/mol. The zero-order valence-corrected chi connectivity index (χ0v) is 7.25. The van der Waals surface area contributed by atoms with Gasteiger partial charge in [-0.15, -0.1) is 0 Å². The highest BCUT2D eigenvalue weighted by Crippen LogP contribution is 1.85. The van der Waals surface area contributed by atoms with E-state index in [1.54, 1.807) is 13.8 Å². The Morgan fingerprint density at radius 2 is 1.92 bits per heavy atom. The van der Waals surface area contributed by atoms with Gasteiger partial charge in [0.15, 0.2) is 0 Å². The van der Waals surface area contributed by atoms with E-state index in [-0.39, 0.29) is 18.9 Å². The molecule has 0 aliphatic rings. The van der Waals surface area contributed by atoms with Crippen LogP contribution in [0.3, 0.4) is 0 Å². The lowest BCUT2D eigenvalue weighted by Crippen LogP contribution is -2.21. The molecule has 0 radical (unpaired) electrons. The Labute approximate surface area is 71.0 Å². The Morgan fingerprint density at radius 3 is 2.42 bits per heavy atom. The summed E-state index contributed by atoms with van der Waals surface area (Å²) in [6, 6.07) is 0. The molecule has 0 rings (SSSR count). The lowest BCUT2D eigenvalue weighted by atomic mass is 10.4. The minimum Gasteiger partial charge on any atom is -0.461 e. The minimum atomic E-state index is -0.669. The summed E-state index contributed by atoms with van der Waals surface area (Å²) >= 11 is 0. The molecule has 0 bridgehead atoms. The van der Waals surface area contributed by atoms with Gasteiger partial charge < -0.3 is 4.74 Å². The Morgan fingerprint density at radius 1 is 1.25 bits per heavy atom. The van der Waals surface area contributed by atoms with Crippen LogP contribution in [0.5, 0.6) is 0 Å². The molecule has 0 amide bonds. The van der Waals surface area contributed by atoms with E-state index in [9.17, 15) is 4.79 Å². The summed E-state index contributed by atoms with van der Waals surface area (Å²) < 4.78 is 4.54. The van der Waals surface area contributed by atoms with Crippen molar-refractivity contribution in [2.75, 3.05) is 19.8 Å². The van der Waals surface area contributed by atoms with Crippen LogP contribution in [0.4, 0.5) is 0 Å². The van der Waals surface area contributed by atoms with Crippen LogP contribution in [-0.2, 0) is 19.3 Å². The summed E-state index contributed by atoms with van der Waals surface area (Å²) in [5, 5.41) is 7.10. The first kappa shape index (κ1) is 11.1. The van der Waals surface area contributed by atoms with E-state index in [2.05, 4.69) is 14.5 Å². The van der Waals surface area contributed by atoms with Gasteiger partial charge in [0.2, 0.25) is 0 Å². The summed E-state index contributed by atoms with van der Waals surface area (Å²) in [5.74, 6) is -0.669. The molecule has 0 saturated carbocycles. The van der Waals surface area contributed by atoms with Gasteiger partial charge in [-0.25, -0.2) is 14.6 Å². The molecule has 0 heterocycles. The van der Waals surface area contributed by atoms with E-state index in [0.29, 0.717) is 6.61 Å². The van der Waals surface area contributed by atoms with Crippen molar-refractivity contribution in [3.63, 3.8) is 0 Å². The lowest BCUT2D eigenvalue weighted by Gasteiger charge is -2.02. The van der Waals surface area contributed by atoms with Crippen LogP contribution in [-0.4, -0.2) is 31.5 Å². The standard InChI is InChI=1S/C7H13NO4/c1-3-10-7(9)6(8)5-12-11-4-2/h8H,3-5H2,1-2H3. The van der Waals surface area contributed by atoms with E-state index in [4.69, 9.17) is 5.41 Å². The van der Waals surface area contributed by atoms with E-state index < -0.39 is 5.97 Å². The average molecular weight is 175 g/mol. The molecule has 5 nitrogen and oxygen atoms in total. The topological polar surface area (TPSA) is 68.6 Å². The van der Waals surface area contributed by atoms with Crippen molar-refractivity contribution >= 4 is 11.7 Å². The number of ether oxygens (including phenoxy) is 1. The molecule has 0 fully saturated rings. The van der Waals surface area contributed by atoms with Crippen LogP contribution in [0.2, 0.25) is 0 Å². The maximum atomic E-state index is 10.8. The van der Waals surface area contributed by atoms with Crippen molar-refractivity contribution in [1.82, 2.24) is 0 Å². The first-order valence-electron chi connectivity index (χ1n) is 3.71. The number of nitrogens with one attached hydrogen (secondary N) is 1. The van der Waals surface area contributed by atoms with Crippen molar-refractivity contribution in [2.24, 2.45) is 0 Å². The minimum absolute atomic E-state index is 0.174. The lowest BCUT2D eigenvalue weighted by molar-refractivity contribution is -0.279. The van der Waals surface area contributed by atoms with E-state index in [1.165, 1.54) is 0 Å². The number of carbonyl (C=O) groups is 1. The van der Waals surface area contributed by atoms with E-state index in [1.807, 2.05) is 0 Å². The van der Waals surface area contributed by atoms with Gasteiger partial charge in [-0.2, -0.15) is 0 Å². The highest BCUT2D eigenvalue weighted by atomic mass is 17.2. The Kier molecular flexibility index (Phi) is 6.22. The maximum Gasteiger partial charge on any atom is 0.354 e. The van der Waals surface area contributed by atoms with Gasteiger partial charge in [-0.05, 0) is 13.8 Å². The number of rotatable bonds is 6.